The van der Waals surface area contributed by atoms with Crippen molar-refractivity contribution in [1.29, 1.82) is 0 Å². The number of aromatic nitrogens is 2. The van der Waals surface area contributed by atoms with E-state index in [9.17, 15) is 19.1 Å². The zero-order valence-electron chi connectivity index (χ0n) is 15.9. The molecule has 7 nitrogen and oxygen atoms in total. The van der Waals surface area contributed by atoms with E-state index in [2.05, 4.69) is 10.4 Å². The largest absolute Gasteiger partial charge is 0.493 e. The fourth-order valence-corrected chi connectivity index (χ4v) is 2.96. The SMILES string of the molecule is Cc1ccc(C)c(-n2nc(C(=O)NC(CC(=O)O)c3ccc(F)cc3)cc2O)c1. The Morgan fingerprint density at radius 3 is 2.48 bits per heavy atom. The highest BCUT2D eigenvalue weighted by molar-refractivity contribution is 5.93. The second-order valence-electron chi connectivity index (χ2n) is 6.76. The second-order valence-corrected chi connectivity index (χ2v) is 6.76. The number of aryl methyl sites for hydroxylation is 2. The Bertz CT molecular complexity index is 1060. The van der Waals surface area contributed by atoms with Crippen molar-refractivity contribution in [2.75, 3.05) is 0 Å². The molecule has 0 saturated heterocycles. The molecule has 29 heavy (non-hydrogen) atoms. The number of carbonyl (C=O) groups excluding carboxylic acids is 1. The summed E-state index contributed by atoms with van der Waals surface area (Å²) in [5.74, 6) is -2.46. The minimum atomic E-state index is -1.12. The van der Waals surface area contributed by atoms with E-state index in [1.807, 2.05) is 32.0 Å². The number of carbonyl (C=O) groups is 2. The van der Waals surface area contributed by atoms with Crippen molar-refractivity contribution in [3.63, 3.8) is 0 Å². The Morgan fingerprint density at radius 1 is 1.14 bits per heavy atom. The van der Waals surface area contributed by atoms with Crippen LogP contribution in [-0.2, 0) is 4.79 Å². The highest BCUT2D eigenvalue weighted by Gasteiger charge is 2.22. The first-order valence-electron chi connectivity index (χ1n) is 8.89. The first-order chi connectivity index (χ1) is 13.7. The number of nitrogens with zero attached hydrogens (tertiary/aromatic N) is 2. The highest BCUT2D eigenvalue weighted by atomic mass is 19.1. The van der Waals surface area contributed by atoms with E-state index in [-0.39, 0.29) is 18.0 Å². The van der Waals surface area contributed by atoms with Crippen LogP contribution >= 0.6 is 0 Å². The van der Waals surface area contributed by atoms with Crippen molar-refractivity contribution in [1.82, 2.24) is 15.1 Å². The lowest BCUT2D eigenvalue weighted by atomic mass is 10.0. The van der Waals surface area contributed by atoms with Crippen LogP contribution < -0.4 is 5.32 Å². The summed E-state index contributed by atoms with van der Waals surface area (Å²) in [6, 6.07) is 11.2. The van der Waals surface area contributed by atoms with Gasteiger partial charge in [-0.05, 0) is 48.7 Å². The van der Waals surface area contributed by atoms with Gasteiger partial charge in [-0.2, -0.15) is 5.10 Å². The van der Waals surface area contributed by atoms with E-state index in [4.69, 9.17) is 5.11 Å². The summed E-state index contributed by atoms with van der Waals surface area (Å²) in [6.07, 6.45) is -0.388. The van der Waals surface area contributed by atoms with E-state index in [1.54, 1.807) is 0 Å². The number of amides is 1. The van der Waals surface area contributed by atoms with Crippen LogP contribution in [0.15, 0.2) is 48.5 Å². The van der Waals surface area contributed by atoms with Gasteiger partial charge in [-0.15, -0.1) is 0 Å². The molecule has 1 aromatic heterocycles. The number of hydrogen-bond donors (Lipinski definition) is 3. The van der Waals surface area contributed by atoms with E-state index in [1.165, 1.54) is 35.0 Å². The quantitative estimate of drug-likeness (QED) is 0.592. The van der Waals surface area contributed by atoms with Gasteiger partial charge >= 0.3 is 5.97 Å². The smallest absolute Gasteiger partial charge is 0.305 e. The molecule has 0 bridgehead atoms. The summed E-state index contributed by atoms with van der Waals surface area (Å²) < 4.78 is 14.4. The van der Waals surface area contributed by atoms with Gasteiger partial charge in [0.2, 0.25) is 5.88 Å². The molecule has 1 heterocycles. The van der Waals surface area contributed by atoms with Crippen LogP contribution in [0.1, 0.15) is 39.6 Å². The molecule has 0 aliphatic carbocycles. The minimum Gasteiger partial charge on any atom is -0.493 e. The van der Waals surface area contributed by atoms with Crippen LogP contribution in [0.2, 0.25) is 0 Å². The number of nitrogens with one attached hydrogen (secondary N) is 1. The molecule has 0 aliphatic heterocycles. The van der Waals surface area contributed by atoms with Crippen molar-refractivity contribution in [2.24, 2.45) is 0 Å². The van der Waals surface area contributed by atoms with Gasteiger partial charge in [0.25, 0.3) is 5.91 Å². The topological polar surface area (TPSA) is 104 Å². The second kappa shape index (κ2) is 8.14. The molecule has 0 aliphatic rings. The Balaban J connectivity index is 1.88. The minimum absolute atomic E-state index is 0.0686. The molecule has 8 heteroatoms. The molecule has 3 aromatic rings. The maximum Gasteiger partial charge on any atom is 0.305 e. The maximum absolute atomic E-state index is 13.2. The standard InChI is InChI=1S/C21H20FN3O4/c1-12-3-4-13(2)18(9-12)25-19(26)10-17(24-25)21(29)23-16(11-20(27)28)14-5-7-15(22)8-6-14/h3-10,16,26H,11H2,1-2H3,(H,23,29)(H,27,28). The molecule has 1 atom stereocenters. The highest BCUT2D eigenvalue weighted by Crippen LogP contribution is 2.23. The van der Waals surface area contributed by atoms with Crippen molar-refractivity contribution in [3.8, 4) is 11.6 Å². The van der Waals surface area contributed by atoms with E-state index >= 15 is 0 Å². The number of benzene rings is 2. The average molecular weight is 397 g/mol. The average Bonchev–Trinajstić information content (AvgIpc) is 3.05. The summed E-state index contributed by atoms with van der Waals surface area (Å²) >= 11 is 0. The van der Waals surface area contributed by atoms with Crippen LogP contribution in [0, 0.1) is 19.7 Å². The Morgan fingerprint density at radius 2 is 1.83 bits per heavy atom. The van der Waals surface area contributed by atoms with Crippen LogP contribution in [0.25, 0.3) is 5.69 Å². The number of halogens is 1. The monoisotopic (exact) mass is 397 g/mol. The van der Waals surface area contributed by atoms with Crippen LogP contribution in [0.4, 0.5) is 4.39 Å². The summed E-state index contributed by atoms with van der Waals surface area (Å²) in [4.78, 5) is 23.9. The Hall–Kier alpha value is -3.68. The Kier molecular flexibility index (Phi) is 5.63. The summed E-state index contributed by atoms with van der Waals surface area (Å²) in [6.45, 7) is 3.75. The molecule has 1 amide bonds. The maximum atomic E-state index is 13.2. The number of carboxylic acids is 1. The molecule has 0 spiro atoms. The van der Waals surface area contributed by atoms with Gasteiger partial charge in [-0.25, -0.2) is 9.07 Å². The third-order valence-corrected chi connectivity index (χ3v) is 4.47. The Labute approximate surface area is 166 Å². The van der Waals surface area contributed by atoms with Gasteiger partial charge < -0.3 is 15.5 Å². The number of rotatable bonds is 6. The van der Waals surface area contributed by atoms with Gasteiger partial charge in [0.15, 0.2) is 5.69 Å². The number of aliphatic carboxylic acids is 1. The predicted molar refractivity (Wildman–Crippen MR) is 104 cm³/mol. The zero-order valence-corrected chi connectivity index (χ0v) is 15.9. The molecule has 0 fully saturated rings. The van der Waals surface area contributed by atoms with Gasteiger partial charge in [-0.3, -0.25) is 9.59 Å². The zero-order chi connectivity index (χ0) is 21.1. The number of aromatic hydroxyl groups is 1. The van der Waals surface area contributed by atoms with E-state index in [0.29, 0.717) is 11.3 Å². The van der Waals surface area contributed by atoms with Crippen LogP contribution in [-0.4, -0.2) is 31.9 Å². The first kappa shape index (κ1) is 20.1. The molecule has 2 aromatic carbocycles. The molecule has 150 valence electrons. The van der Waals surface area contributed by atoms with Crippen molar-refractivity contribution in [2.45, 2.75) is 26.3 Å². The lowest BCUT2D eigenvalue weighted by Gasteiger charge is -2.16. The normalized spacial score (nSPS) is 11.8. The first-order valence-corrected chi connectivity index (χ1v) is 8.89. The van der Waals surface area contributed by atoms with Crippen molar-refractivity contribution >= 4 is 11.9 Å². The number of hydrogen-bond acceptors (Lipinski definition) is 4. The van der Waals surface area contributed by atoms with Gasteiger partial charge in [-0.1, -0.05) is 24.3 Å². The van der Waals surface area contributed by atoms with Crippen LogP contribution in [0.3, 0.4) is 0 Å². The third-order valence-electron chi connectivity index (χ3n) is 4.47. The van der Waals surface area contributed by atoms with E-state index in [0.717, 1.165) is 11.1 Å². The van der Waals surface area contributed by atoms with Gasteiger partial charge in [0, 0.05) is 6.07 Å². The number of carboxylic acid groups (broad SMARTS) is 1. The summed E-state index contributed by atoms with van der Waals surface area (Å²) in [5.41, 5.74) is 2.82. The molecular weight excluding hydrogens is 377 g/mol. The molecule has 0 radical (unpaired) electrons. The van der Waals surface area contributed by atoms with Crippen molar-refractivity contribution < 1.29 is 24.2 Å². The van der Waals surface area contributed by atoms with Crippen LogP contribution in [0.5, 0.6) is 5.88 Å². The fraction of sp³-hybridized carbons (Fsp3) is 0.190. The van der Waals surface area contributed by atoms with E-state index < -0.39 is 23.7 Å². The summed E-state index contributed by atoms with van der Waals surface area (Å²) in [5, 5.41) is 26.2. The lowest BCUT2D eigenvalue weighted by Crippen LogP contribution is -2.30. The lowest BCUT2D eigenvalue weighted by molar-refractivity contribution is -0.137. The molecule has 3 rings (SSSR count). The van der Waals surface area contributed by atoms with Gasteiger partial charge in [0.05, 0.1) is 18.2 Å². The van der Waals surface area contributed by atoms with Gasteiger partial charge in [0.1, 0.15) is 5.82 Å². The predicted octanol–water partition coefficient (Wildman–Crippen LogP) is 3.28. The molecule has 3 N–H and O–H groups in total. The third kappa shape index (κ3) is 4.60. The summed E-state index contributed by atoms with van der Waals surface area (Å²) in [7, 11) is 0. The molecule has 0 saturated carbocycles. The molecular formula is C21H20FN3O4. The molecule has 1 unspecified atom stereocenters. The van der Waals surface area contributed by atoms with Crippen molar-refractivity contribution in [3.05, 3.63) is 76.7 Å². The fourth-order valence-electron chi connectivity index (χ4n) is 2.96.